The number of ether oxygens (including phenoxy) is 1. The Kier molecular flexibility index (Phi) is 7.08. The third-order valence-corrected chi connectivity index (χ3v) is 4.28. The number of hydrogen-bond acceptors (Lipinski definition) is 4. The Balaban J connectivity index is 1.96. The monoisotopic (exact) mass is 367 g/mol. The Labute approximate surface area is 151 Å². The minimum atomic E-state index is -2.99. The van der Waals surface area contributed by atoms with Crippen molar-refractivity contribution < 1.29 is 23.1 Å². The zero-order valence-corrected chi connectivity index (χ0v) is 14.7. The van der Waals surface area contributed by atoms with Crippen molar-refractivity contribution in [3.8, 4) is 5.75 Å². The van der Waals surface area contributed by atoms with E-state index in [2.05, 4.69) is 16.6 Å². The van der Waals surface area contributed by atoms with Crippen LogP contribution in [0.25, 0.3) is 0 Å². The van der Waals surface area contributed by atoms with Crippen LogP contribution < -0.4 is 10.1 Å². The molecular formula is C18H23F2N3O3. The summed E-state index contributed by atoms with van der Waals surface area (Å²) in [5.41, 5.74) is 0.109. The van der Waals surface area contributed by atoms with Gasteiger partial charge in [0.25, 0.3) is 5.91 Å². The molecule has 1 atom stereocenters. The van der Waals surface area contributed by atoms with Crippen LogP contribution in [0.2, 0.25) is 0 Å². The molecule has 26 heavy (non-hydrogen) atoms. The predicted octanol–water partition coefficient (Wildman–Crippen LogP) is 1.74. The number of para-hydroxylation sites is 1. The smallest absolute Gasteiger partial charge is 0.387 e. The quantitative estimate of drug-likeness (QED) is 0.746. The highest BCUT2D eigenvalue weighted by molar-refractivity contribution is 5.97. The molecule has 2 rings (SSSR count). The molecular weight excluding hydrogens is 344 g/mol. The van der Waals surface area contributed by atoms with E-state index in [0.717, 1.165) is 0 Å². The second-order valence-electron chi connectivity index (χ2n) is 5.91. The molecule has 142 valence electrons. The van der Waals surface area contributed by atoms with E-state index in [4.69, 9.17) is 0 Å². The van der Waals surface area contributed by atoms with Gasteiger partial charge in [0.2, 0.25) is 5.91 Å². The lowest BCUT2D eigenvalue weighted by molar-refractivity contribution is -0.126. The van der Waals surface area contributed by atoms with E-state index in [1.807, 2.05) is 11.8 Å². The van der Waals surface area contributed by atoms with Crippen LogP contribution in [0, 0.1) is 0 Å². The molecule has 1 heterocycles. The highest BCUT2D eigenvalue weighted by Gasteiger charge is 2.29. The number of carbonyl (C=O) groups excluding carboxylic acids is 2. The summed E-state index contributed by atoms with van der Waals surface area (Å²) in [5.74, 6) is -0.586. The van der Waals surface area contributed by atoms with Crippen LogP contribution in [0.5, 0.6) is 5.75 Å². The van der Waals surface area contributed by atoms with Gasteiger partial charge in [0, 0.05) is 32.7 Å². The molecule has 0 aliphatic carbocycles. The molecule has 8 heteroatoms. The second kappa shape index (κ2) is 9.28. The summed E-state index contributed by atoms with van der Waals surface area (Å²) in [4.78, 5) is 28.2. The molecule has 1 aromatic carbocycles. The zero-order chi connectivity index (χ0) is 19.1. The van der Waals surface area contributed by atoms with Gasteiger partial charge in [-0.3, -0.25) is 14.5 Å². The third kappa shape index (κ3) is 5.01. The SMILES string of the molecule is C=CCNC(=O)C(C)N1CCN(C(=O)c2ccccc2OC(F)F)CC1. The summed E-state index contributed by atoms with van der Waals surface area (Å²) in [6, 6.07) is 5.64. The Hall–Kier alpha value is -2.48. The van der Waals surface area contributed by atoms with Crippen molar-refractivity contribution in [3.05, 3.63) is 42.5 Å². The number of carbonyl (C=O) groups is 2. The molecule has 1 aromatic rings. The first-order chi connectivity index (χ1) is 12.4. The van der Waals surface area contributed by atoms with Gasteiger partial charge < -0.3 is 15.0 Å². The van der Waals surface area contributed by atoms with Gasteiger partial charge in [-0.15, -0.1) is 6.58 Å². The minimum Gasteiger partial charge on any atom is -0.434 e. The molecule has 2 amide bonds. The summed E-state index contributed by atoms with van der Waals surface area (Å²) in [7, 11) is 0. The molecule has 0 bridgehead atoms. The minimum absolute atomic E-state index is 0.0969. The number of hydrogen-bond donors (Lipinski definition) is 1. The van der Waals surface area contributed by atoms with Crippen molar-refractivity contribution >= 4 is 11.8 Å². The maximum Gasteiger partial charge on any atom is 0.387 e. The zero-order valence-electron chi connectivity index (χ0n) is 14.7. The van der Waals surface area contributed by atoms with E-state index < -0.39 is 6.61 Å². The predicted molar refractivity (Wildman–Crippen MR) is 93.2 cm³/mol. The lowest BCUT2D eigenvalue weighted by Crippen LogP contribution is -2.55. The van der Waals surface area contributed by atoms with Crippen LogP contribution in [0.1, 0.15) is 17.3 Å². The van der Waals surface area contributed by atoms with Gasteiger partial charge in [0.05, 0.1) is 11.6 Å². The maximum atomic E-state index is 12.6. The van der Waals surface area contributed by atoms with Gasteiger partial charge in [-0.1, -0.05) is 18.2 Å². The first-order valence-electron chi connectivity index (χ1n) is 8.39. The van der Waals surface area contributed by atoms with Crippen LogP contribution in [-0.4, -0.2) is 67.0 Å². The topological polar surface area (TPSA) is 61.9 Å². The number of halogens is 2. The molecule has 6 nitrogen and oxygen atoms in total. The van der Waals surface area contributed by atoms with Crippen LogP contribution >= 0.6 is 0 Å². The number of piperazine rings is 1. The Bertz CT molecular complexity index is 646. The average molecular weight is 367 g/mol. The average Bonchev–Trinajstić information content (AvgIpc) is 2.65. The number of benzene rings is 1. The molecule has 0 saturated carbocycles. The highest BCUT2D eigenvalue weighted by Crippen LogP contribution is 2.22. The summed E-state index contributed by atoms with van der Waals surface area (Å²) in [6.07, 6.45) is 1.61. The maximum absolute atomic E-state index is 12.6. The first kappa shape index (κ1) is 19.8. The highest BCUT2D eigenvalue weighted by atomic mass is 19.3. The molecule has 0 spiro atoms. The molecule has 1 fully saturated rings. The van der Waals surface area contributed by atoms with Crippen molar-refractivity contribution in [1.29, 1.82) is 0 Å². The molecule has 0 aromatic heterocycles. The van der Waals surface area contributed by atoms with Gasteiger partial charge in [-0.2, -0.15) is 8.78 Å². The van der Waals surface area contributed by atoms with Gasteiger partial charge in [-0.25, -0.2) is 0 Å². The van der Waals surface area contributed by atoms with Crippen LogP contribution in [-0.2, 0) is 4.79 Å². The van der Waals surface area contributed by atoms with E-state index in [1.54, 1.807) is 17.0 Å². The van der Waals surface area contributed by atoms with Crippen molar-refractivity contribution in [1.82, 2.24) is 15.1 Å². The molecule has 1 unspecified atom stereocenters. The summed E-state index contributed by atoms with van der Waals surface area (Å²) in [6.45, 7) is 4.63. The fourth-order valence-corrected chi connectivity index (χ4v) is 2.81. The van der Waals surface area contributed by atoms with Gasteiger partial charge >= 0.3 is 6.61 Å². The number of alkyl halides is 2. The van der Waals surface area contributed by atoms with Crippen LogP contribution in [0.3, 0.4) is 0 Å². The third-order valence-electron chi connectivity index (χ3n) is 4.28. The summed E-state index contributed by atoms with van der Waals surface area (Å²) in [5, 5.41) is 2.75. The Morgan fingerprint density at radius 3 is 2.54 bits per heavy atom. The molecule has 1 aliphatic rings. The lowest BCUT2D eigenvalue weighted by atomic mass is 10.1. The van der Waals surface area contributed by atoms with E-state index in [0.29, 0.717) is 32.7 Å². The Morgan fingerprint density at radius 2 is 1.92 bits per heavy atom. The molecule has 1 N–H and O–H groups in total. The van der Waals surface area contributed by atoms with Crippen molar-refractivity contribution in [2.75, 3.05) is 32.7 Å². The van der Waals surface area contributed by atoms with Crippen LogP contribution in [0.15, 0.2) is 36.9 Å². The van der Waals surface area contributed by atoms with Gasteiger partial charge in [0.1, 0.15) is 5.75 Å². The summed E-state index contributed by atoms with van der Waals surface area (Å²) < 4.78 is 29.5. The van der Waals surface area contributed by atoms with Crippen molar-refractivity contribution in [2.45, 2.75) is 19.6 Å². The molecule has 1 aliphatic heterocycles. The molecule has 0 radical (unpaired) electrons. The lowest BCUT2D eigenvalue weighted by Gasteiger charge is -2.37. The number of nitrogens with one attached hydrogen (secondary N) is 1. The summed E-state index contributed by atoms with van der Waals surface area (Å²) >= 11 is 0. The fraction of sp³-hybridized carbons (Fsp3) is 0.444. The second-order valence-corrected chi connectivity index (χ2v) is 5.91. The van der Waals surface area contributed by atoms with E-state index in [9.17, 15) is 18.4 Å². The molecule has 1 saturated heterocycles. The standard InChI is InChI=1S/C18H23F2N3O3/c1-3-8-21-16(24)13(2)22-9-11-23(12-10-22)17(25)14-6-4-5-7-15(14)26-18(19)20/h3-7,13,18H,1,8-12H2,2H3,(H,21,24). The fourth-order valence-electron chi connectivity index (χ4n) is 2.81. The number of nitrogens with zero attached hydrogens (tertiary/aromatic N) is 2. The normalized spacial score (nSPS) is 16.2. The number of rotatable bonds is 7. The first-order valence-corrected chi connectivity index (χ1v) is 8.39. The van der Waals surface area contributed by atoms with E-state index in [1.165, 1.54) is 18.2 Å². The Morgan fingerprint density at radius 1 is 1.27 bits per heavy atom. The largest absolute Gasteiger partial charge is 0.434 e. The van der Waals surface area contributed by atoms with Gasteiger partial charge in [-0.05, 0) is 19.1 Å². The van der Waals surface area contributed by atoms with Crippen molar-refractivity contribution in [3.63, 3.8) is 0 Å². The van der Waals surface area contributed by atoms with Crippen molar-refractivity contribution in [2.24, 2.45) is 0 Å². The van der Waals surface area contributed by atoms with E-state index in [-0.39, 0.29) is 29.2 Å². The number of amides is 2. The van der Waals surface area contributed by atoms with Crippen LogP contribution in [0.4, 0.5) is 8.78 Å². The van der Waals surface area contributed by atoms with E-state index >= 15 is 0 Å². The van der Waals surface area contributed by atoms with Gasteiger partial charge in [0.15, 0.2) is 0 Å².